The molecule has 1 aliphatic carbocycles. The minimum Gasteiger partial charge on any atom is -0.481 e. The van der Waals surface area contributed by atoms with E-state index in [1.165, 1.54) is 0 Å². The molecule has 0 aromatic carbocycles. The number of fused-ring (bicyclic) bond motifs is 1. The van der Waals surface area contributed by atoms with E-state index < -0.39 is 35.5 Å². The summed E-state index contributed by atoms with van der Waals surface area (Å²) in [4.78, 5) is 23.0. The van der Waals surface area contributed by atoms with Crippen LogP contribution in [-0.4, -0.2) is 31.6 Å². The van der Waals surface area contributed by atoms with Crippen molar-refractivity contribution in [2.45, 2.75) is 25.6 Å². The largest absolute Gasteiger partial charge is 0.481 e. The van der Waals surface area contributed by atoms with Crippen molar-refractivity contribution < 1.29 is 27.9 Å². The van der Waals surface area contributed by atoms with Gasteiger partial charge in [0.1, 0.15) is 0 Å². The van der Waals surface area contributed by atoms with Gasteiger partial charge in [-0.25, -0.2) is 0 Å². The molecule has 1 saturated carbocycles. The SMILES string of the molecule is O=C(O)C1CCC1C(=O)NCc1nnc2c(Cl)cc(C(F)(F)F)cn12. The van der Waals surface area contributed by atoms with Crippen LogP contribution in [0.3, 0.4) is 0 Å². The summed E-state index contributed by atoms with van der Waals surface area (Å²) in [6.07, 6.45) is -2.92. The molecule has 3 rings (SSSR count). The van der Waals surface area contributed by atoms with Gasteiger partial charge in [-0.1, -0.05) is 11.6 Å². The molecule has 0 aliphatic heterocycles. The molecule has 134 valence electrons. The van der Waals surface area contributed by atoms with Gasteiger partial charge in [-0.05, 0) is 18.9 Å². The molecule has 0 radical (unpaired) electrons. The first-order valence-electron chi connectivity index (χ1n) is 7.29. The van der Waals surface area contributed by atoms with Gasteiger partial charge < -0.3 is 10.4 Å². The average Bonchev–Trinajstić information content (AvgIpc) is 2.86. The molecule has 7 nitrogen and oxygen atoms in total. The Bertz CT molecular complexity index is 852. The standard InChI is InChI=1S/C14H12ClF3N4O3/c15-9-3-6(14(16,17)18)5-22-10(20-21-11(9)22)4-19-12(23)7-1-2-8(7)13(24)25/h3,5,7-8H,1-2,4H2,(H,19,23)(H,24,25). The zero-order valence-electron chi connectivity index (χ0n) is 12.5. The lowest BCUT2D eigenvalue weighted by molar-refractivity contribution is -0.152. The zero-order chi connectivity index (χ0) is 18.4. The number of carboxylic acid groups (broad SMARTS) is 1. The van der Waals surface area contributed by atoms with Gasteiger partial charge in [-0.15, -0.1) is 10.2 Å². The van der Waals surface area contributed by atoms with Gasteiger partial charge >= 0.3 is 12.1 Å². The lowest BCUT2D eigenvalue weighted by atomic mass is 9.73. The van der Waals surface area contributed by atoms with Crippen LogP contribution in [0.25, 0.3) is 5.65 Å². The van der Waals surface area contributed by atoms with Gasteiger partial charge in [0.2, 0.25) is 5.91 Å². The number of alkyl halides is 3. The fourth-order valence-electron chi connectivity index (χ4n) is 2.68. The van der Waals surface area contributed by atoms with Crippen LogP contribution in [0.5, 0.6) is 0 Å². The number of amides is 1. The third kappa shape index (κ3) is 3.26. The Hall–Kier alpha value is -2.36. The van der Waals surface area contributed by atoms with E-state index in [2.05, 4.69) is 15.5 Å². The van der Waals surface area contributed by atoms with Crippen LogP contribution in [0.1, 0.15) is 24.2 Å². The third-order valence-electron chi connectivity index (χ3n) is 4.21. The summed E-state index contributed by atoms with van der Waals surface area (Å²) in [5.74, 6) is -2.84. The van der Waals surface area contributed by atoms with Crippen LogP contribution in [0.4, 0.5) is 13.2 Å². The van der Waals surface area contributed by atoms with E-state index in [0.717, 1.165) is 16.7 Å². The van der Waals surface area contributed by atoms with Crippen molar-refractivity contribution in [1.82, 2.24) is 19.9 Å². The van der Waals surface area contributed by atoms with Crippen molar-refractivity contribution >= 4 is 29.1 Å². The van der Waals surface area contributed by atoms with Gasteiger partial charge in [0, 0.05) is 6.20 Å². The molecule has 2 N–H and O–H groups in total. The van der Waals surface area contributed by atoms with Crippen molar-refractivity contribution in [3.8, 4) is 0 Å². The van der Waals surface area contributed by atoms with Crippen molar-refractivity contribution in [3.05, 3.63) is 28.7 Å². The number of carbonyl (C=O) groups excluding carboxylic acids is 1. The molecule has 2 aromatic heterocycles. The Labute approximate surface area is 143 Å². The summed E-state index contributed by atoms with van der Waals surface area (Å²) in [6.45, 7) is -0.194. The molecule has 1 amide bonds. The van der Waals surface area contributed by atoms with Gasteiger partial charge in [0.05, 0.1) is 29.0 Å². The molecule has 2 aromatic rings. The fourth-order valence-corrected chi connectivity index (χ4v) is 2.93. The molecule has 0 spiro atoms. The summed E-state index contributed by atoms with van der Waals surface area (Å²) in [7, 11) is 0. The number of halogens is 4. The average molecular weight is 377 g/mol. The molecule has 1 fully saturated rings. The number of carboxylic acids is 1. The van der Waals surface area contributed by atoms with E-state index in [1.54, 1.807) is 0 Å². The Morgan fingerprint density at radius 3 is 2.56 bits per heavy atom. The lowest BCUT2D eigenvalue weighted by Crippen LogP contribution is -2.43. The van der Waals surface area contributed by atoms with Gasteiger partial charge in [0.25, 0.3) is 0 Å². The number of nitrogens with one attached hydrogen (secondary N) is 1. The van der Waals surface area contributed by atoms with E-state index >= 15 is 0 Å². The predicted molar refractivity (Wildman–Crippen MR) is 78.7 cm³/mol. The van der Waals surface area contributed by atoms with Crippen LogP contribution < -0.4 is 5.32 Å². The molecule has 0 saturated heterocycles. The maximum atomic E-state index is 12.9. The molecule has 1 aliphatic rings. The second kappa shape index (κ2) is 6.17. The first-order valence-corrected chi connectivity index (χ1v) is 7.67. The number of aliphatic carboxylic acids is 1. The van der Waals surface area contributed by atoms with Crippen LogP contribution in [0.2, 0.25) is 5.02 Å². The summed E-state index contributed by atoms with van der Waals surface area (Å²) >= 11 is 5.80. The third-order valence-corrected chi connectivity index (χ3v) is 4.48. The summed E-state index contributed by atoms with van der Waals surface area (Å²) in [6, 6.07) is 0.750. The molecule has 2 atom stereocenters. The summed E-state index contributed by atoms with van der Waals surface area (Å²) < 4.78 is 39.7. The highest BCUT2D eigenvalue weighted by molar-refractivity contribution is 6.33. The monoisotopic (exact) mass is 376 g/mol. The quantitative estimate of drug-likeness (QED) is 0.852. The second-order valence-electron chi connectivity index (χ2n) is 5.73. The maximum Gasteiger partial charge on any atom is 0.417 e. The van der Waals surface area contributed by atoms with E-state index in [-0.39, 0.29) is 23.0 Å². The molecule has 0 bridgehead atoms. The highest BCUT2D eigenvalue weighted by Crippen LogP contribution is 2.35. The summed E-state index contributed by atoms with van der Waals surface area (Å²) in [5.41, 5.74) is -0.937. The second-order valence-corrected chi connectivity index (χ2v) is 6.14. The number of pyridine rings is 1. The first-order chi connectivity index (χ1) is 11.7. The van der Waals surface area contributed by atoms with E-state index in [0.29, 0.717) is 12.8 Å². The van der Waals surface area contributed by atoms with Crippen molar-refractivity contribution in [2.24, 2.45) is 11.8 Å². The molecular formula is C14H12ClF3N4O3. The maximum absolute atomic E-state index is 12.9. The highest BCUT2D eigenvalue weighted by atomic mass is 35.5. The van der Waals surface area contributed by atoms with Crippen molar-refractivity contribution in [3.63, 3.8) is 0 Å². The topological polar surface area (TPSA) is 96.6 Å². The van der Waals surface area contributed by atoms with Gasteiger partial charge in [-0.3, -0.25) is 14.0 Å². The number of hydrogen-bond donors (Lipinski definition) is 2. The van der Waals surface area contributed by atoms with Crippen LogP contribution in [-0.2, 0) is 22.3 Å². The smallest absolute Gasteiger partial charge is 0.417 e. The number of nitrogens with zero attached hydrogens (tertiary/aromatic N) is 3. The highest BCUT2D eigenvalue weighted by Gasteiger charge is 2.41. The van der Waals surface area contributed by atoms with Crippen LogP contribution in [0.15, 0.2) is 12.3 Å². The van der Waals surface area contributed by atoms with Crippen molar-refractivity contribution in [2.75, 3.05) is 0 Å². The van der Waals surface area contributed by atoms with Crippen LogP contribution in [0, 0.1) is 11.8 Å². The van der Waals surface area contributed by atoms with E-state index in [1.807, 2.05) is 0 Å². The predicted octanol–water partition coefficient (Wildman–Crippen LogP) is 2.13. The number of carbonyl (C=O) groups is 2. The molecular weight excluding hydrogens is 365 g/mol. The van der Waals surface area contributed by atoms with E-state index in [4.69, 9.17) is 16.7 Å². The Balaban J connectivity index is 1.79. The number of hydrogen-bond acceptors (Lipinski definition) is 4. The Morgan fingerprint density at radius 1 is 1.32 bits per heavy atom. The van der Waals surface area contributed by atoms with Crippen LogP contribution >= 0.6 is 11.6 Å². The molecule has 2 unspecified atom stereocenters. The van der Waals surface area contributed by atoms with E-state index in [9.17, 15) is 22.8 Å². The Kier molecular flexibility index (Phi) is 4.31. The van der Waals surface area contributed by atoms with Crippen molar-refractivity contribution in [1.29, 1.82) is 0 Å². The zero-order valence-corrected chi connectivity index (χ0v) is 13.3. The number of rotatable bonds is 4. The lowest BCUT2D eigenvalue weighted by Gasteiger charge is -2.31. The Morgan fingerprint density at radius 2 is 2.00 bits per heavy atom. The molecule has 25 heavy (non-hydrogen) atoms. The van der Waals surface area contributed by atoms with Gasteiger partial charge in [0.15, 0.2) is 11.5 Å². The summed E-state index contributed by atoms with van der Waals surface area (Å²) in [5, 5.41) is 18.7. The normalized spacial score (nSPS) is 20.3. The molecule has 11 heteroatoms. The molecule has 2 heterocycles. The number of aromatic nitrogens is 3. The van der Waals surface area contributed by atoms with Gasteiger partial charge in [-0.2, -0.15) is 13.2 Å². The fraction of sp³-hybridized carbons (Fsp3) is 0.429. The minimum atomic E-state index is -4.59. The first kappa shape index (κ1) is 17.5. The minimum absolute atomic E-state index is 0.0333.